The SMILES string of the molecule is COc1ccc2nc(Cl)c(Cn3nnc(Cc4ccccc4)n3)cc2c1. The minimum atomic E-state index is 0.404. The van der Waals surface area contributed by atoms with Gasteiger partial charge in [-0.05, 0) is 35.0 Å². The molecule has 0 aliphatic carbocycles. The largest absolute Gasteiger partial charge is 0.497 e. The Morgan fingerprint density at radius 2 is 1.92 bits per heavy atom. The molecule has 0 spiro atoms. The molecule has 2 aromatic heterocycles. The van der Waals surface area contributed by atoms with Crippen molar-refractivity contribution in [3.8, 4) is 5.75 Å². The van der Waals surface area contributed by atoms with E-state index in [1.807, 2.05) is 54.6 Å². The molecule has 0 aliphatic heterocycles. The lowest BCUT2D eigenvalue weighted by molar-refractivity contribution is 0.415. The lowest BCUT2D eigenvalue weighted by Gasteiger charge is -2.07. The van der Waals surface area contributed by atoms with Crippen LogP contribution in [-0.4, -0.2) is 32.3 Å². The summed E-state index contributed by atoms with van der Waals surface area (Å²) in [6.45, 7) is 0.404. The Bertz CT molecular complexity index is 1050. The number of aromatic nitrogens is 5. The highest BCUT2D eigenvalue weighted by Gasteiger charge is 2.10. The van der Waals surface area contributed by atoms with Gasteiger partial charge in [0.2, 0.25) is 0 Å². The molecule has 0 saturated heterocycles. The summed E-state index contributed by atoms with van der Waals surface area (Å²) in [7, 11) is 1.64. The van der Waals surface area contributed by atoms with Crippen molar-refractivity contribution in [2.45, 2.75) is 13.0 Å². The van der Waals surface area contributed by atoms with Crippen LogP contribution in [0.2, 0.25) is 5.15 Å². The Kier molecular flexibility index (Phi) is 4.50. The summed E-state index contributed by atoms with van der Waals surface area (Å²) in [5.74, 6) is 1.44. The van der Waals surface area contributed by atoms with Gasteiger partial charge in [-0.1, -0.05) is 41.9 Å². The molecule has 0 fully saturated rings. The van der Waals surface area contributed by atoms with E-state index in [9.17, 15) is 0 Å². The molecule has 4 aromatic rings. The van der Waals surface area contributed by atoms with Gasteiger partial charge in [0, 0.05) is 17.4 Å². The molecule has 2 heterocycles. The summed E-state index contributed by atoms with van der Waals surface area (Å²) in [6, 6.07) is 17.7. The third-order valence-corrected chi connectivity index (χ3v) is 4.39. The fraction of sp³-hybridized carbons (Fsp3) is 0.158. The second kappa shape index (κ2) is 7.09. The second-order valence-electron chi connectivity index (χ2n) is 5.90. The molecule has 130 valence electrons. The molecule has 7 heteroatoms. The van der Waals surface area contributed by atoms with Crippen molar-refractivity contribution >= 4 is 22.5 Å². The van der Waals surface area contributed by atoms with Crippen LogP contribution in [0.15, 0.2) is 54.6 Å². The summed E-state index contributed by atoms with van der Waals surface area (Å²) in [6.07, 6.45) is 0.641. The molecule has 26 heavy (non-hydrogen) atoms. The van der Waals surface area contributed by atoms with E-state index >= 15 is 0 Å². The zero-order chi connectivity index (χ0) is 17.9. The Balaban J connectivity index is 1.58. The minimum absolute atomic E-state index is 0.404. The van der Waals surface area contributed by atoms with E-state index in [0.29, 0.717) is 23.9 Å². The van der Waals surface area contributed by atoms with Crippen LogP contribution in [-0.2, 0) is 13.0 Å². The van der Waals surface area contributed by atoms with Gasteiger partial charge in [0.1, 0.15) is 10.9 Å². The van der Waals surface area contributed by atoms with Gasteiger partial charge in [-0.25, -0.2) is 4.98 Å². The number of rotatable bonds is 5. The predicted molar refractivity (Wildman–Crippen MR) is 99.5 cm³/mol. The fourth-order valence-electron chi connectivity index (χ4n) is 2.76. The highest BCUT2D eigenvalue weighted by atomic mass is 35.5. The number of ether oxygens (including phenoxy) is 1. The van der Waals surface area contributed by atoms with Crippen molar-refractivity contribution < 1.29 is 4.74 Å². The Morgan fingerprint density at radius 3 is 2.73 bits per heavy atom. The smallest absolute Gasteiger partial charge is 0.179 e. The first-order chi connectivity index (χ1) is 12.7. The van der Waals surface area contributed by atoms with Gasteiger partial charge >= 0.3 is 0 Å². The van der Waals surface area contributed by atoms with E-state index < -0.39 is 0 Å². The first-order valence-corrected chi connectivity index (χ1v) is 8.53. The van der Waals surface area contributed by atoms with Crippen LogP contribution >= 0.6 is 11.6 Å². The molecule has 6 nitrogen and oxygen atoms in total. The Labute approximate surface area is 155 Å². The maximum atomic E-state index is 6.33. The first kappa shape index (κ1) is 16.5. The molecular formula is C19H16ClN5O. The quantitative estimate of drug-likeness (QED) is 0.506. The fourth-order valence-corrected chi connectivity index (χ4v) is 2.96. The molecule has 0 unspecified atom stereocenters. The topological polar surface area (TPSA) is 65.7 Å². The molecule has 0 N–H and O–H groups in total. The van der Waals surface area contributed by atoms with Gasteiger partial charge in [0.15, 0.2) is 5.82 Å². The summed E-state index contributed by atoms with van der Waals surface area (Å²) < 4.78 is 5.27. The van der Waals surface area contributed by atoms with Crippen molar-refractivity contribution in [1.29, 1.82) is 0 Å². The molecule has 0 radical (unpaired) electrons. The molecule has 4 rings (SSSR count). The van der Waals surface area contributed by atoms with Crippen LogP contribution < -0.4 is 4.74 Å². The van der Waals surface area contributed by atoms with Gasteiger partial charge in [-0.3, -0.25) is 0 Å². The van der Waals surface area contributed by atoms with Crippen LogP contribution in [0, 0.1) is 0 Å². The lowest BCUT2D eigenvalue weighted by Crippen LogP contribution is -2.06. The molecular weight excluding hydrogens is 350 g/mol. The van der Waals surface area contributed by atoms with Gasteiger partial charge in [0.05, 0.1) is 19.2 Å². The summed E-state index contributed by atoms with van der Waals surface area (Å²) in [5.41, 5.74) is 2.79. The number of halogens is 1. The third kappa shape index (κ3) is 3.50. The highest BCUT2D eigenvalue weighted by Crippen LogP contribution is 2.24. The third-order valence-electron chi connectivity index (χ3n) is 4.06. The molecule has 0 atom stereocenters. The van der Waals surface area contributed by atoms with Crippen molar-refractivity contribution in [3.63, 3.8) is 0 Å². The minimum Gasteiger partial charge on any atom is -0.497 e. The number of benzene rings is 2. The zero-order valence-electron chi connectivity index (χ0n) is 14.1. The summed E-state index contributed by atoms with van der Waals surface area (Å²) >= 11 is 6.33. The second-order valence-corrected chi connectivity index (χ2v) is 6.25. The maximum Gasteiger partial charge on any atom is 0.179 e. The van der Waals surface area contributed by atoms with Gasteiger partial charge in [-0.2, -0.15) is 4.80 Å². The molecule has 2 aromatic carbocycles. The predicted octanol–water partition coefficient (Wildman–Crippen LogP) is 3.52. The molecule has 0 aliphatic rings. The van der Waals surface area contributed by atoms with Crippen molar-refractivity contribution in [3.05, 3.63) is 76.7 Å². The number of hydrogen-bond acceptors (Lipinski definition) is 5. The highest BCUT2D eigenvalue weighted by molar-refractivity contribution is 6.30. The standard InChI is InChI=1S/C19H16ClN5O/c1-26-16-7-8-17-14(11-16)10-15(19(20)21-17)12-25-23-18(22-24-25)9-13-5-3-2-4-6-13/h2-8,10-11H,9,12H2,1H3. The number of tetrazole rings is 1. The average Bonchev–Trinajstić information content (AvgIpc) is 3.09. The van der Waals surface area contributed by atoms with Crippen molar-refractivity contribution in [1.82, 2.24) is 25.2 Å². The van der Waals surface area contributed by atoms with Crippen LogP contribution in [0.1, 0.15) is 17.0 Å². The Hall–Kier alpha value is -2.99. The van der Waals surface area contributed by atoms with Crippen molar-refractivity contribution in [2.24, 2.45) is 0 Å². The average molecular weight is 366 g/mol. The van der Waals surface area contributed by atoms with E-state index in [4.69, 9.17) is 16.3 Å². The van der Waals surface area contributed by atoms with Gasteiger partial charge < -0.3 is 4.74 Å². The number of methoxy groups -OCH3 is 1. The number of hydrogen-bond donors (Lipinski definition) is 0. The first-order valence-electron chi connectivity index (χ1n) is 8.15. The number of nitrogens with zero attached hydrogens (tertiary/aromatic N) is 5. The lowest BCUT2D eigenvalue weighted by atomic mass is 10.1. The van der Waals surface area contributed by atoms with Gasteiger partial charge in [-0.15, -0.1) is 10.2 Å². The molecule has 0 amide bonds. The van der Waals surface area contributed by atoms with Crippen molar-refractivity contribution in [2.75, 3.05) is 7.11 Å². The van der Waals surface area contributed by atoms with Crippen LogP contribution in [0.25, 0.3) is 10.9 Å². The normalized spacial score (nSPS) is 11.0. The van der Waals surface area contributed by atoms with E-state index in [-0.39, 0.29) is 0 Å². The zero-order valence-corrected chi connectivity index (χ0v) is 14.9. The van der Waals surface area contributed by atoms with E-state index in [0.717, 1.165) is 27.8 Å². The van der Waals surface area contributed by atoms with E-state index in [2.05, 4.69) is 20.4 Å². The van der Waals surface area contributed by atoms with Crippen LogP contribution in [0.3, 0.4) is 0 Å². The van der Waals surface area contributed by atoms with E-state index in [1.54, 1.807) is 7.11 Å². The van der Waals surface area contributed by atoms with E-state index in [1.165, 1.54) is 4.80 Å². The van der Waals surface area contributed by atoms with Crippen LogP contribution in [0.5, 0.6) is 5.75 Å². The molecule has 0 saturated carbocycles. The number of pyridine rings is 1. The Morgan fingerprint density at radius 1 is 1.08 bits per heavy atom. The summed E-state index contributed by atoms with van der Waals surface area (Å²) in [5, 5.41) is 14.1. The monoisotopic (exact) mass is 365 g/mol. The van der Waals surface area contributed by atoms with Gasteiger partial charge in [0.25, 0.3) is 0 Å². The number of fused-ring (bicyclic) bond motifs is 1. The van der Waals surface area contributed by atoms with Crippen LogP contribution in [0.4, 0.5) is 0 Å². The maximum absolute atomic E-state index is 6.33. The summed E-state index contributed by atoms with van der Waals surface area (Å²) in [4.78, 5) is 5.98. The molecule has 0 bridgehead atoms.